The number of hydrogen-bond acceptors (Lipinski definition) is 3. The summed E-state index contributed by atoms with van der Waals surface area (Å²) in [5.41, 5.74) is -0.0189. The minimum Gasteiger partial charge on any atom is -0.481 e. The lowest BCUT2D eigenvalue weighted by Crippen LogP contribution is -2.54. The molecular weight excluding hydrogens is 296 g/mol. The van der Waals surface area contributed by atoms with Crippen LogP contribution in [0.2, 0.25) is 0 Å². The predicted octanol–water partition coefficient (Wildman–Crippen LogP) is 2.23. The van der Waals surface area contributed by atoms with E-state index in [1.807, 2.05) is 6.92 Å². The Kier molecular flexibility index (Phi) is 4.80. The van der Waals surface area contributed by atoms with Crippen LogP contribution in [0.5, 0.6) is 0 Å². The van der Waals surface area contributed by atoms with E-state index in [-0.39, 0.29) is 23.6 Å². The SMILES string of the molecule is CC1CC(C(=O)O)CN(C(=O)NC2CCOC3(CCCC3)C2)C1. The van der Waals surface area contributed by atoms with Gasteiger partial charge in [-0.05, 0) is 38.0 Å². The van der Waals surface area contributed by atoms with Gasteiger partial charge in [-0.2, -0.15) is 0 Å². The zero-order valence-corrected chi connectivity index (χ0v) is 13.9. The molecule has 2 saturated heterocycles. The number of nitrogens with zero attached hydrogens (tertiary/aromatic N) is 1. The molecule has 0 bridgehead atoms. The second-order valence-electron chi connectivity index (χ2n) is 7.66. The number of carboxylic acids is 1. The fraction of sp³-hybridized carbons (Fsp3) is 0.882. The molecule has 3 unspecified atom stereocenters. The monoisotopic (exact) mass is 324 g/mol. The van der Waals surface area contributed by atoms with E-state index >= 15 is 0 Å². The van der Waals surface area contributed by atoms with Crippen molar-refractivity contribution in [2.24, 2.45) is 11.8 Å². The predicted molar refractivity (Wildman–Crippen MR) is 85.2 cm³/mol. The number of hydrogen-bond donors (Lipinski definition) is 2. The maximum atomic E-state index is 12.6. The van der Waals surface area contributed by atoms with E-state index in [9.17, 15) is 14.7 Å². The lowest BCUT2D eigenvalue weighted by Gasteiger charge is -2.40. The fourth-order valence-corrected chi connectivity index (χ4v) is 4.48. The lowest BCUT2D eigenvalue weighted by molar-refractivity contribution is -0.143. The van der Waals surface area contributed by atoms with Gasteiger partial charge in [0.2, 0.25) is 0 Å². The Morgan fingerprint density at radius 1 is 1.26 bits per heavy atom. The highest BCUT2D eigenvalue weighted by Gasteiger charge is 2.41. The maximum Gasteiger partial charge on any atom is 0.317 e. The van der Waals surface area contributed by atoms with Crippen molar-refractivity contribution in [3.63, 3.8) is 0 Å². The molecule has 1 saturated carbocycles. The van der Waals surface area contributed by atoms with E-state index < -0.39 is 11.9 Å². The molecule has 1 aliphatic carbocycles. The maximum absolute atomic E-state index is 12.6. The van der Waals surface area contributed by atoms with Gasteiger partial charge >= 0.3 is 12.0 Å². The minimum atomic E-state index is -0.801. The molecule has 1 spiro atoms. The van der Waals surface area contributed by atoms with Crippen molar-refractivity contribution >= 4 is 12.0 Å². The van der Waals surface area contributed by atoms with Crippen molar-refractivity contribution < 1.29 is 19.4 Å². The van der Waals surface area contributed by atoms with Gasteiger partial charge in [-0.1, -0.05) is 19.8 Å². The summed E-state index contributed by atoms with van der Waals surface area (Å²) in [5.74, 6) is -1.02. The molecule has 2 amide bonds. The number of ether oxygens (including phenoxy) is 1. The average molecular weight is 324 g/mol. The Bertz CT molecular complexity index is 462. The van der Waals surface area contributed by atoms with Gasteiger partial charge in [-0.3, -0.25) is 4.79 Å². The first-order valence-electron chi connectivity index (χ1n) is 8.90. The van der Waals surface area contributed by atoms with E-state index in [4.69, 9.17) is 4.74 Å². The molecule has 23 heavy (non-hydrogen) atoms. The van der Waals surface area contributed by atoms with Gasteiger partial charge in [-0.25, -0.2) is 4.79 Å². The summed E-state index contributed by atoms with van der Waals surface area (Å²) in [6.45, 7) is 3.68. The van der Waals surface area contributed by atoms with Crippen molar-refractivity contribution in [2.75, 3.05) is 19.7 Å². The van der Waals surface area contributed by atoms with Crippen molar-refractivity contribution in [1.29, 1.82) is 0 Å². The number of carbonyl (C=O) groups is 2. The van der Waals surface area contributed by atoms with Crippen LogP contribution in [0.15, 0.2) is 0 Å². The third kappa shape index (κ3) is 3.79. The van der Waals surface area contributed by atoms with E-state index in [2.05, 4.69) is 5.32 Å². The quantitative estimate of drug-likeness (QED) is 0.816. The Morgan fingerprint density at radius 3 is 2.70 bits per heavy atom. The average Bonchev–Trinajstić information content (AvgIpc) is 2.94. The van der Waals surface area contributed by atoms with Gasteiger partial charge in [-0.15, -0.1) is 0 Å². The van der Waals surface area contributed by atoms with Gasteiger partial charge in [0, 0.05) is 25.7 Å². The van der Waals surface area contributed by atoms with Crippen molar-refractivity contribution in [3.05, 3.63) is 0 Å². The highest BCUT2D eigenvalue weighted by Crippen LogP contribution is 2.40. The Balaban J connectivity index is 1.56. The van der Waals surface area contributed by atoms with Crippen LogP contribution < -0.4 is 5.32 Å². The van der Waals surface area contributed by atoms with Gasteiger partial charge in [0.15, 0.2) is 0 Å². The first-order valence-corrected chi connectivity index (χ1v) is 8.90. The number of nitrogens with one attached hydrogen (secondary N) is 1. The van der Waals surface area contributed by atoms with Gasteiger partial charge in [0.05, 0.1) is 11.5 Å². The molecule has 3 fully saturated rings. The number of carboxylic acid groups (broad SMARTS) is 1. The lowest BCUT2D eigenvalue weighted by atomic mass is 9.88. The van der Waals surface area contributed by atoms with Crippen LogP contribution in [-0.4, -0.2) is 53.3 Å². The first-order chi connectivity index (χ1) is 11.0. The number of amides is 2. The minimum absolute atomic E-state index is 0.0189. The highest BCUT2D eigenvalue weighted by molar-refractivity contribution is 5.76. The van der Waals surface area contributed by atoms with Gasteiger partial charge < -0.3 is 20.1 Å². The summed E-state index contributed by atoms with van der Waals surface area (Å²) in [7, 11) is 0. The molecule has 2 N–H and O–H groups in total. The molecule has 0 aromatic rings. The topological polar surface area (TPSA) is 78.9 Å². The molecule has 0 radical (unpaired) electrons. The number of rotatable bonds is 2. The van der Waals surface area contributed by atoms with Crippen LogP contribution in [0.4, 0.5) is 4.79 Å². The Labute approximate surface area is 137 Å². The molecule has 6 heteroatoms. The number of urea groups is 1. The van der Waals surface area contributed by atoms with Crippen molar-refractivity contribution in [3.8, 4) is 0 Å². The molecule has 0 aromatic heterocycles. The molecular formula is C17H28N2O4. The summed E-state index contributed by atoms with van der Waals surface area (Å²) >= 11 is 0. The normalized spacial score (nSPS) is 33.6. The summed E-state index contributed by atoms with van der Waals surface area (Å²) in [5, 5.41) is 12.4. The van der Waals surface area contributed by atoms with E-state index in [0.717, 1.165) is 25.7 Å². The second-order valence-corrected chi connectivity index (χ2v) is 7.66. The second kappa shape index (κ2) is 6.67. The third-order valence-corrected chi connectivity index (χ3v) is 5.63. The molecule has 6 nitrogen and oxygen atoms in total. The summed E-state index contributed by atoms with van der Waals surface area (Å²) in [6.07, 6.45) is 7.01. The van der Waals surface area contributed by atoms with E-state index in [0.29, 0.717) is 26.1 Å². The number of piperidine rings is 1. The summed E-state index contributed by atoms with van der Waals surface area (Å²) < 4.78 is 6.01. The van der Waals surface area contributed by atoms with Crippen LogP contribution in [0.1, 0.15) is 51.9 Å². The van der Waals surface area contributed by atoms with Crippen LogP contribution in [0, 0.1) is 11.8 Å². The highest BCUT2D eigenvalue weighted by atomic mass is 16.5. The molecule has 2 heterocycles. The standard InChI is InChI=1S/C17H28N2O4/c1-12-8-13(15(20)21)11-19(10-12)16(22)18-14-4-7-23-17(9-14)5-2-3-6-17/h12-14H,2-11H2,1H3,(H,18,22)(H,20,21). The first kappa shape index (κ1) is 16.6. The third-order valence-electron chi connectivity index (χ3n) is 5.63. The molecule has 3 atom stereocenters. The molecule has 0 aromatic carbocycles. The largest absolute Gasteiger partial charge is 0.481 e. The smallest absolute Gasteiger partial charge is 0.317 e. The van der Waals surface area contributed by atoms with Gasteiger partial charge in [0.1, 0.15) is 0 Å². The summed E-state index contributed by atoms with van der Waals surface area (Å²) in [6, 6.07) is 0.0395. The molecule has 3 rings (SSSR count). The van der Waals surface area contributed by atoms with Gasteiger partial charge in [0.25, 0.3) is 0 Å². The van der Waals surface area contributed by atoms with Crippen LogP contribution in [0.25, 0.3) is 0 Å². The number of likely N-dealkylation sites (tertiary alicyclic amines) is 1. The van der Waals surface area contributed by atoms with Crippen molar-refractivity contribution in [1.82, 2.24) is 10.2 Å². The zero-order valence-electron chi connectivity index (χ0n) is 13.9. The number of carbonyl (C=O) groups excluding carboxylic acids is 1. The van der Waals surface area contributed by atoms with Crippen molar-refractivity contribution in [2.45, 2.75) is 63.5 Å². The summed E-state index contributed by atoms with van der Waals surface area (Å²) in [4.78, 5) is 25.5. The fourth-order valence-electron chi connectivity index (χ4n) is 4.48. The van der Waals surface area contributed by atoms with Crippen LogP contribution in [0.3, 0.4) is 0 Å². The molecule has 2 aliphatic heterocycles. The van der Waals surface area contributed by atoms with Crippen LogP contribution >= 0.6 is 0 Å². The zero-order chi connectivity index (χ0) is 16.4. The Hall–Kier alpha value is -1.30. The molecule has 3 aliphatic rings. The number of aliphatic carboxylic acids is 1. The molecule has 130 valence electrons. The Morgan fingerprint density at radius 2 is 2.00 bits per heavy atom. The van der Waals surface area contributed by atoms with E-state index in [1.54, 1.807) is 4.90 Å². The van der Waals surface area contributed by atoms with Crippen LogP contribution in [-0.2, 0) is 9.53 Å². The van der Waals surface area contributed by atoms with E-state index in [1.165, 1.54) is 12.8 Å².